The van der Waals surface area contributed by atoms with Crippen molar-refractivity contribution in [3.63, 3.8) is 0 Å². The molecule has 14 nitrogen and oxygen atoms in total. The number of halogens is 1. The van der Waals surface area contributed by atoms with Crippen LogP contribution in [0.1, 0.15) is 65.6 Å². The quantitative estimate of drug-likeness (QED) is 0.175. The van der Waals surface area contributed by atoms with Crippen LogP contribution in [0.4, 0.5) is 26.4 Å². The fourth-order valence-corrected chi connectivity index (χ4v) is 9.34. The number of phenolic OH excluding ortho intramolecular Hbond substituents is 1. The number of nitrogen functional groups attached to an aromatic ring is 1. The first kappa shape index (κ1) is 39.4. The topological polar surface area (TPSA) is 162 Å². The zero-order valence-corrected chi connectivity index (χ0v) is 33.7. The van der Waals surface area contributed by atoms with E-state index in [1.807, 2.05) is 55.6 Å². The predicted octanol–water partition coefficient (Wildman–Crippen LogP) is 5.77. The number of anilines is 3. The third kappa shape index (κ3) is 7.86. The van der Waals surface area contributed by atoms with E-state index in [2.05, 4.69) is 42.1 Å². The van der Waals surface area contributed by atoms with Crippen LogP contribution < -0.4 is 20.9 Å². The van der Waals surface area contributed by atoms with Gasteiger partial charge in [-0.25, -0.2) is 9.18 Å². The molecular formula is C45H50FN9O5. The van der Waals surface area contributed by atoms with E-state index in [4.69, 9.17) is 10.5 Å². The van der Waals surface area contributed by atoms with Gasteiger partial charge in [0.1, 0.15) is 17.5 Å². The molecule has 0 radical (unpaired) electrons. The molecule has 60 heavy (non-hydrogen) atoms. The molecule has 4 fully saturated rings. The Hall–Kier alpha value is -6.06. The number of rotatable bonds is 8. The number of hydrogen-bond donors (Lipinski definition) is 3. The third-order valence-corrected chi connectivity index (χ3v) is 12.8. The molecule has 0 spiro atoms. The number of fused-ring (bicyclic) bond motifs is 1. The number of urea groups is 1. The molecule has 0 aliphatic carbocycles. The summed E-state index contributed by atoms with van der Waals surface area (Å²) in [6, 6.07) is 21.9. The molecule has 4 aliphatic rings. The number of amides is 4. The van der Waals surface area contributed by atoms with Crippen LogP contribution in [0.25, 0.3) is 22.2 Å². The van der Waals surface area contributed by atoms with Crippen molar-refractivity contribution in [1.29, 1.82) is 0 Å². The van der Waals surface area contributed by atoms with E-state index in [-0.39, 0.29) is 30.1 Å². The van der Waals surface area contributed by atoms with Crippen molar-refractivity contribution >= 4 is 45.9 Å². The second kappa shape index (κ2) is 16.2. The molecule has 5 aromatic rings. The zero-order chi connectivity index (χ0) is 41.5. The van der Waals surface area contributed by atoms with Gasteiger partial charge in [-0.15, -0.1) is 10.2 Å². The second-order valence-electron chi connectivity index (χ2n) is 16.6. The smallest absolute Gasteiger partial charge is 0.328 e. The van der Waals surface area contributed by atoms with Gasteiger partial charge < -0.3 is 34.8 Å². The number of nitrogens with two attached hydrogens (primary N) is 1. The van der Waals surface area contributed by atoms with E-state index in [9.17, 15) is 19.5 Å². The van der Waals surface area contributed by atoms with Gasteiger partial charge in [0, 0.05) is 94.0 Å². The molecule has 9 rings (SSSR count). The zero-order valence-electron chi connectivity index (χ0n) is 33.7. The Kier molecular flexibility index (Phi) is 10.6. The Morgan fingerprint density at radius 3 is 2.48 bits per heavy atom. The third-order valence-electron chi connectivity index (χ3n) is 12.8. The molecule has 15 heteroatoms. The number of hydrogen-bond acceptors (Lipinski definition) is 10. The number of aromatic hydroxyl groups is 1. The van der Waals surface area contributed by atoms with Crippen molar-refractivity contribution in [2.75, 3.05) is 74.5 Å². The number of benzene rings is 3. The van der Waals surface area contributed by atoms with Crippen LogP contribution in [0.15, 0.2) is 79.0 Å². The molecule has 3 aromatic carbocycles. The van der Waals surface area contributed by atoms with E-state index >= 15 is 4.39 Å². The molecule has 2 aromatic heterocycles. The number of aromatic nitrogens is 3. The maximum absolute atomic E-state index is 16.4. The molecule has 1 atom stereocenters. The number of morpholine rings is 1. The van der Waals surface area contributed by atoms with Crippen LogP contribution in [0.3, 0.4) is 0 Å². The van der Waals surface area contributed by atoms with Gasteiger partial charge in [0.2, 0.25) is 5.91 Å². The normalized spacial score (nSPS) is 20.4. The average molecular weight is 816 g/mol. The fraction of sp³-hybridized carbons (Fsp3) is 0.400. The Morgan fingerprint density at radius 1 is 0.967 bits per heavy atom. The number of imide groups is 1. The molecule has 0 saturated carbocycles. The summed E-state index contributed by atoms with van der Waals surface area (Å²) in [4.78, 5) is 45.4. The number of para-hydroxylation sites is 1. The molecule has 4 saturated heterocycles. The lowest BCUT2D eigenvalue weighted by molar-refractivity contribution is -0.120. The maximum atomic E-state index is 16.4. The first-order valence-electron chi connectivity index (χ1n) is 20.8. The molecule has 4 amide bonds. The van der Waals surface area contributed by atoms with Crippen molar-refractivity contribution in [3.8, 4) is 17.0 Å². The summed E-state index contributed by atoms with van der Waals surface area (Å²) >= 11 is 0. The largest absolute Gasteiger partial charge is 0.507 e. The summed E-state index contributed by atoms with van der Waals surface area (Å²) in [6.45, 7) is 4.65. The number of carbonyl (C=O) groups is 3. The summed E-state index contributed by atoms with van der Waals surface area (Å²) in [5.74, 6) is 0.401. The van der Waals surface area contributed by atoms with Gasteiger partial charge in [-0.3, -0.25) is 19.8 Å². The second-order valence-corrected chi connectivity index (χ2v) is 16.6. The number of piperidine rings is 2. The monoisotopic (exact) mass is 815 g/mol. The van der Waals surface area contributed by atoms with Gasteiger partial charge in [0.05, 0.1) is 23.5 Å². The van der Waals surface area contributed by atoms with Gasteiger partial charge >= 0.3 is 6.03 Å². The fourth-order valence-electron chi connectivity index (χ4n) is 9.34. The number of alkyl halides is 1. The summed E-state index contributed by atoms with van der Waals surface area (Å²) in [6.07, 6.45) is 4.64. The maximum Gasteiger partial charge on any atom is 0.328 e. The van der Waals surface area contributed by atoms with Crippen LogP contribution in [-0.4, -0.2) is 112 Å². The van der Waals surface area contributed by atoms with E-state index in [0.717, 1.165) is 48.1 Å². The minimum absolute atomic E-state index is 0.0977. The number of phenols is 1. The average Bonchev–Trinajstić information content (AvgIpc) is 3.59. The highest BCUT2D eigenvalue weighted by Gasteiger charge is 2.39. The van der Waals surface area contributed by atoms with E-state index in [1.54, 1.807) is 28.0 Å². The van der Waals surface area contributed by atoms with Gasteiger partial charge in [-0.1, -0.05) is 30.3 Å². The summed E-state index contributed by atoms with van der Waals surface area (Å²) in [5.41, 5.74) is 11.3. The van der Waals surface area contributed by atoms with Gasteiger partial charge in [0.25, 0.3) is 5.91 Å². The number of carbonyl (C=O) groups excluding carboxylic acids is 3. The van der Waals surface area contributed by atoms with Gasteiger partial charge in [-0.05, 0) is 85.4 Å². The lowest BCUT2D eigenvalue weighted by atomic mass is 9.87. The van der Waals surface area contributed by atoms with Crippen molar-refractivity contribution in [2.45, 2.75) is 49.8 Å². The molecule has 4 N–H and O–H groups in total. The minimum atomic E-state index is -1.35. The predicted molar refractivity (Wildman–Crippen MR) is 227 cm³/mol. The van der Waals surface area contributed by atoms with E-state index in [1.165, 1.54) is 5.56 Å². The summed E-state index contributed by atoms with van der Waals surface area (Å²) in [7, 11) is 2.01. The first-order chi connectivity index (χ1) is 29.0. The number of nitrogens with one attached hydrogen (secondary N) is 1. The Labute approximate surface area is 347 Å². The van der Waals surface area contributed by atoms with Crippen molar-refractivity contribution in [1.82, 2.24) is 29.9 Å². The highest BCUT2D eigenvalue weighted by molar-refractivity contribution is 6.06. The highest BCUT2D eigenvalue weighted by Crippen LogP contribution is 2.38. The molecule has 6 heterocycles. The first-order valence-corrected chi connectivity index (χ1v) is 20.8. The molecule has 0 unspecified atom stereocenters. The molecular weight excluding hydrogens is 766 g/mol. The number of ether oxygens (including phenoxy) is 1. The van der Waals surface area contributed by atoms with E-state index < -0.39 is 11.7 Å². The van der Waals surface area contributed by atoms with Crippen LogP contribution >= 0.6 is 0 Å². The van der Waals surface area contributed by atoms with Gasteiger partial charge in [-0.2, -0.15) is 0 Å². The van der Waals surface area contributed by atoms with Gasteiger partial charge in [0.15, 0.2) is 5.82 Å². The number of likely N-dealkylation sites (tertiary alicyclic amines) is 2. The molecule has 0 bridgehead atoms. The summed E-state index contributed by atoms with van der Waals surface area (Å²) in [5, 5.41) is 22.3. The van der Waals surface area contributed by atoms with Crippen LogP contribution in [0.5, 0.6) is 5.75 Å². The molecule has 4 aliphatic heterocycles. The van der Waals surface area contributed by atoms with Crippen molar-refractivity contribution < 1.29 is 28.6 Å². The lowest BCUT2D eigenvalue weighted by Crippen LogP contribution is -2.50. The van der Waals surface area contributed by atoms with Crippen LogP contribution in [0, 0.1) is 0 Å². The highest BCUT2D eigenvalue weighted by atomic mass is 19.1. The van der Waals surface area contributed by atoms with Crippen LogP contribution in [-0.2, 0) is 16.6 Å². The van der Waals surface area contributed by atoms with Crippen molar-refractivity contribution in [3.05, 3.63) is 95.7 Å². The Bertz CT molecular complexity index is 2420. The summed E-state index contributed by atoms with van der Waals surface area (Å²) < 4.78 is 24.6. The number of nitrogens with zero attached hydrogens (tertiary/aromatic N) is 7. The van der Waals surface area contributed by atoms with Crippen molar-refractivity contribution in [2.24, 2.45) is 7.05 Å². The SMILES string of the molecule is Cn1cc(C2CCN(CC3(F)CCN(C(=O)c4ccc([C@@H]5CN(c6cc(-c7ccccc7O)nnc6N)CCO5)cc4)CC3)CC2)c2ccc(N3CCC(=O)NC3=O)cc21. The van der Waals surface area contributed by atoms with Crippen LogP contribution in [0.2, 0.25) is 0 Å². The Morgan fingerprint density at radius 2 is 1.73 bits per heavy atom. The molecule has 312 valence electrons. The standard InChI is InChI=1S/C45H50FN9O5/c1-51-26-35(33-11-10-32(24-37(33)51)55-19-14-41(57)48-44(55)59)29-12-17-52(18-13-29)28-45(46)15-20-53(21-16-45)43(58)31-8-6-30(7-9-31)40-27-54(22-23-60-40)38-25-36(49-50-42(38)47)34-4-2-3-5-39(34)56/h2-11,24-26,29,40,56H,12-23,27-28H2,1H3,(H2,47,50)(H,48,57,59)/t40-/m0/s1. The lowest BCUT2D eigenvalue weighted by Gasteiger charge is -2.41. The Balaban J connectivity index is 0.768. The number of aryl methyl sites for hydroxylation is 1. The minimum Gasteiger partial charge on any atom is -0.507 e. The van der Waals surface area contributed by atoms with E-state index in [0.29, 0.717) is 93.0 Å².